The number of phenolic OH excluding ortho intramolecular Hbond substituents is 1. The van der Waals surface area contributed by atoms with E-state index in [1.54, 1.807) is 18.2 Å². The predicted molar refractivity (Wildman–Crippen MR) is 150 cm³/mol. The van der Waals surface area contributed by atoms with E-state index in [1.807, 2.05) is 44.2 Å². The van der Waals surface area contributed by atoms with E-state index < -0.39 is 23.2 Å². The third-order valence-corrected chi connectivity index (χ3v) is 7.36. The Kier molecular flexibility index (Phi) is 6.53. The lowest BCUT2D eigenvalue weighted by molar-refractivity contribution is -0.118. The third-order valence-electron chi connectivity index (χ3n) is 7.36. The Labute approximate surface area is 235 Å². The summed E-state index contributed by atoms with van der Waals surface area (Å²) in [6, 6.07) is 17.5. The van der Waals surface area contributed by atoms with Gasteiger partial charge in [0.05, 0.1) is 11.7 Å². The second kappa shape index (κ2) is 10.2. The molecule has 208 valence electrons. The van der Waals surface area contributed by atoms with Crippen LogP contribution in [0.15, 0.2) is 84.3 Å². The number of fused-ring (bicyclic) bond motifs is 1. The lowest BCUT2D eigenvalue weighted by Gasteiger charge is -2.37. The Morgan fingerprint density at radius 3 is 2.66 bits per heavy atom. The van der Waals surface area contributed by atoms with Crippen molar-refractivity contribution >= 4 is 23.1 Å². The lowest BCUT2D eigenvalue weighted by Crippen LogP contribution is -2.40. The Morgan fingerprint density at radius 1 is 1.12 bits per heavy atom. The van der Waals surface area contributed by atoms with E-state index in [0.717, 1.165) is 5.56 Å². The first-order valence-corrected chi connectivity index (χ1v) is 13.2. The summed E-state index contributed by atoms with van der Waals surface area (Å²) < 4.78 is 21.9. The first-order chi connectivity index (χ1) is 19.7. The van der Waals surface area contributed by atoms with Gasteiger partial charge in [0.2, 0.25) is 5.82 Å². The number of rotatable bonds is 5. The molecule has 1 aromatic heterocycles. The number of amides is 1. The van der Waals surface area contributed by atoms with Crippen molar-refractivity contribution in [3.05, 3.63) is 107 Å². The van der Waals surface area contributed by atoms with E-state index in [1.165, 1.54) is 29.4 Å². The number of ether oxygens (including phenoxy) is 1. The number of anilines is 2. The quantitative estimate of drug-likeness (QED) is 0.272. The highest BCUT2D eigenvalue weighted by molar-refractivity contribution is 6.11. The monoisotopic (exact) mass is 553 g/mol. The Balaban J connectivity index is 1.51. The molecule has 0 saturated carbocycles. The fourth-order valence-corrected chi connectivity index (χ4v) is 5.54. The summed E-state index contributed by atoms with van der Waals surface area (Å²) >= 11 is 0. The Morgan fingerprint density at radius 2 is 1.93 bits per heavy atom. The van der Waals surface area contributed by atoms with Crippen LogP contribution in [0.5, 0.6) is 11.5 Å². The standard InChI is InChI=1S/C31H28FN5O4/c1-31(2)14-22-26(25(39)15-31)28(20-12-11-19(13-21(20)32)41-16-18-7-4-3-5-8-18)37(30(40)29-33-17-34-36-29)23-9-6-10-24(38)27(23)35-22/h3-13,17,28,35,38H,14-16H2,1-2H3,(H,33,34,36). The maximum Gasteiger partial charge on any atom is 0.296 e. The smallest absolute Gasteiger partial charge is 0.296 e. The Hall–Kier alpha value is -4.99. The van der Waals surface area contributed by atoms with Crippen LogP contribution in [-0.2, 0) is 11.4 Å². The summed E-state index contributed by atoms with van der Waals surface area (Å²) in [7, 11) is 0. The molecule has 6 rings (SSSR count). The molecule has 4 aromatic rings. The van der Waals surface area contributed by atoms with Crippen LogP contribution in [0.2, 0.25) is 0 Å². The summed E-state index contributed by atoms with van der Waals surface area (Å²) in [5, 5.41) is 20.5. The number of aromatic hydroxyl groups is 1. The number of hydrogen-bond acceptors (Lipinski definition) is 7. The van der Waals surface area contributed by atoms with Gasteiger partial charge in [0.15, 0.2) is 5.78 Å². The molecule has 2 aliphatic rings. The van der Waals surface area contributed by atoms with Crippen LogP contribution in [0.3, 0.4) is 0 Å². The average Bonchev–Trinajstić information content (AvgIpc) is 3.43. The summed E-state index contributed by atoms with van der Waals surface area (Å²) in [6.07, 6.45) is 1.85. The number of carbonyl (C=O) groups excluding carboxylic acids is 2. The van der Waals surface area contributed by atoms with Gasteiger partial charge in [0, 0.05) is 29.3 Å². The molecule has 1 aliphatic carbocycles. The van der Waals surface area contributed by atoms with E-state index in [9.17, 15) is 14.7 Å². The molecular weight excluding hydrogens is 525 g/mol. The number of aromatic nitrogens is 3. The second-order valence-electron chi connectivity index (χ2n) is 11.0. The minimum absolute atomic E-state index is 0.0971. The maximum absolute atomic E-state index is 16.1. The van der Waals surface area contributed by atoms with Gasteiger partial charge < -0.3 is 15.2 Å². The number of Topliss-reactive ketones (excluding diaryl/α,β-unsaturated/α-hetero) is 1. The zero-order chi connectivity index (χ0) is 28.7. The van der Waals surface area contributed by atoms with Gasteiger partial charge in [-0.25, -0.2) is 9.37 Å². The van der Waals surface area contributed by atoms with Gasteiger partial charge in [0.25, 0.3) is 5.91 Å². The van der Waals surface area contributed by atoms with Gasteiger partial charge in [-0.05, 0) is 41.7 Å². The molecule has 1 unspecified atom stereocenters. The molecule has 2 heterocycles. The van der Waals surface area contributed by atoms with E-state index in [2.05, 4.69) is 20.5 Å². The van der Waals surface area contributed by atoms with Crippen molar-refractivity contribution in [3.8, 4) is 11.5 Å². The van der Waals surface area contributed by atoms with Crippen LogP contribution in [0.25, 0.3) is 0 Å². The molecule has 10 heteroatoms. The number of aromatic amines is 1. The summed E-state index contributed by atoms with van der Waals surface area (Å²) in [6.45, 7) is 4.19. The molecule has 1 aliphatic heterocycles. The Bertz CT molecular complexity index is 1670. The predicted octanol–water partition coefficient (Wildman–Crippen LogP) is 5.69. The zero-order valence-electron chi connectivity index (χ0n) is 22.5. The van der Waals surface area contributed by atoms with Crippen LogP contribution in [0, 0.1) is 11.2 Å². The van der Waals surface area contributed by atoms with E-state index in [-0.39, 0.29) is 52.9 Å². The van der Waals surface area contributed by atoms with Gasteiger partial charge in [-0.3, -0.25) is 19.6 Å². The van der Waals surface area contributed by atoms with Crippen LogP contribution in [0.4, 0.5) is 15.8 Å². The largest absolute Gasteiger partial charge is 0.506 e. The minimum atomic E-state index is -1.16. The van der Waals surface area contributed by atoms with E-state index >= 15 is 4.39 Å². The molecule has 0 radical (unpaired) electrons. The van der Waals surface area contributed by atoms with E-state index in [4.69, 9.17) is 4.74 Å². The van der Waals surface area contributed by atoms with Gasteiger partial charge in [-0.15, -0.1) is 0 Å². The number of ketones is 1. The van der Waals surface area contributed by atoms with Crippen LogP contribution >= 0.6 is 0 Å². The number of hydrogen-bond donors (Lipinski definition) is 3. The van der Waals surface area contributed by atoms with Gasteiger partial charge >= 0.3 is 0 Å². The molecule has 1 amide bonds. The second-order valence-corrected chi connectivity index (χ2v) is 11.0. The van der Waals surface area contributed by atoms with E-state index in [0.29, 0.717) is 17.9 Å². The van der Waals surface area contributed by atoms with Crippen molar-refractivity contribution in [1.82, 2.24) is 15.2 Å². The highest BCUT2D eigenvalue weighted by Crippen LogP contribution is 2.51. The highest BCUT2D eigenvalue weighted by atomic mass is 19.1. The van der Waals surface area contributed by atoms with Gasteiger partial charge in [-0.1, -0.05) is 50.2 Å². The molecule has 1 atom stereocenters. The van der Waals surface area contributed by atoms with Crippen LogP contribution in [0.1, 0.15) is 54.5 Å². The first-order valence-electron chi connectivity index (χ1n) is 13.2. The fraction of sp³-hybridized carbons (Fsp3) is 0.226. The molecule has 41 heavy (non-hydrogen) atoms. The number of halogens is 1. The maximum atomic E-state index is 16.1. The molecular formula is C31H28FN5O4. The zero-order valence-corrected chi connectivity index (χ0v) is 22.5. The van der Waals surface area contributed by atoms with Crippen molar-refractivity contribution in [2.75, 3.05) is 10.2 Å². The SMILES string of the molecule is CC1(C)CC(=O)C2=C(C1)Nc1c(O)cccc1N(C(=O)c1ncn[nH]1)C2c1ccc(OCc2ccccc2)cc1F. The van der Waals surface area contributed by atoms with Crippen molar-refractivity contribution < 1.29 is 23.8 Å². The van der Waals surface area contributed by atoms with Crippen molar-refractivity contribution in [1.29, 1.82) is 0 Å². The molecule has 3 aromatic carbocycles. The van der Waals surface area contributed by atoms with Crippen LogP contribution in [-0.4, -0.2) is 32.0 Å². The van der Waals surface area contributed by atoms with Crippen molar-refractivity contribution in [2.24, 2.45) is 5.41 Å². The number of nitrogens with one attached hydrogen (secondary N) is 2. The summed E-state index contributed by atoms with van der Waals surface area (Å²) in [4.78, 5) is 33.2. The summed E-state index contributed by atoms with van der Waals surface area (Å²) in [5.41, 5.74) is 1.92. The first kappa shape index (κ1) is 26.2. The number of para-hydroxylation sites is 1. The molecule has 0 bridgehead atoms. The molecule has 0 saturated heterocycles. The van der Waals surface area contributed by atoms with Crippen LogP contribution < -0.4 is 15.0 Å². The summed E-state index contributed by atoms with van der Waals surface area (Å²) in [5.74, 6) is -1.43. The third kappa shape index (κ3) is 4.93. The highest BCUT2D eigenvalue weighted by Gasteiger charge is 2.45. The normalized spacial score (nSPS) is 17.8. The topological polar surface area (TPSA) is 120 Å². The number of nitrogens with zero attached hydrogens (tertiary/aromatic N) is 3. The molecule has 9 nitrogen and oxygen atoms in total. The number of carbonyl (C=O) groups is 2. The molecule has 0 spiro atoms. The van der Waals surface area contributed by atoms with Gasteiger partial charge in [-0.2, -0.15) is 5.10 Å². The fourth-order valence-electron chi connectivity index (χ4n) is 5.54. The number of H-pyrrole nitrogens is 1. The molecule has 3 N–H and O–H groups in total. The molecule has 0 fully saturated rings. The van der Waals surface area contributed by atoms with Crippen molar-refractivity contribution in [2.45, 2.75) is 39.3 Å². The van der Waals surface area contributed by atoms with Crippen molar-refractivity contribution in [3.63, 3.8) is 0 Å². The average molecular weight is 554 g/mol. The minimum Gasteiger partial charge on any atom is -0.506 e. The number of allylic oxidation sites excluding steroid dienone is 1. The number of phenols is 1. The van der Waals surface area contributed by atoms with Gasteiger partial charge in [0.1, 0.15) is 35.9 Å². The lowest BCUT2D eigenvalue weighted by atomic mass is 9.73. The number of benzene rings is 3.